The molecule has 21 nitrogen and oxygen atoms in total. The second kappa shape index (κ2) is 12.5. The predicted molar refractivity (Wildman–Crippen MR) is 142 cm³/mol. The Hall–Kier alpha value is -2.88. The summed E-state index contributed by atoms with van der Waals surface area (Å²) in [5.74, 6) is -0.689. The normalized spacial score (nSPS) is 33.3. The van der Waals surface area contributed by atoms with Crippen molar-refractivity contribution in [2.24, 2.45) is 5.73 Å². The first-order valence-corrected chi connectivity index (χ1v) is 15.7. The minimum absolute atomic E-state index is 0.0468. The molecule has 3 aliphatic rings. The molecule has 0 aromatic carbocycles. The van der Waals surface area contributed by atoms with Gasteiger partial charge in [0.2, 0.25) is 5.91 Å². The minimum atomic E-state index is -5.52. The van der Waals surface area contributed by atoms with Gasteiger partial charge in [0, 0.05) is 18.0 Å². The highest BCUT2D eigenvalue weighted by Gasteiger charge is 2.51. The molecule has 3 aliphatic heterocycles. The third-order valence-electron chi connectivity index (χ3n) is 6.88. The average molecular weight is 665 g/mol. The summed E-state index contributed by atoms with van der Waals surface area (Å²) in [5, 5.41) is 41.4. The van der Waals surface area contributed by atoms with Crippen molar-refractivity contribution in [1.29, 1.82) is 0 Å². The molecule has 44 heavy (non-hydrogen) atoms. The number of aromatic nitrogens is 4. The van der Waals surface area contributed by atoms with Gasteiger partial charge in [0.15, 0.2) is 23.9 Å². The Bertz CT molecular complexity index is 1560. The zero-order chi connectivity index (χ0) is 32.0. The lowest BCUT2D eigenvalue weighted by molar-refractivity contribution is -0.115. The van der Waals surface area contributed by atoms with Crippen LogP contribution in [-0.2, 0) is 36.8 Å². The molecule has 0 spiro atoms. The third kappa shape index (κ3) is 6.56. The summed E-state index contributed by atoms with van der Waals surface area (Å²) in [6, 6.07) is 0. The number of ether oxygens (including phenoxy) is 2. The number of hydrogen-bond acceptors (Lipinski definition) is 17. The van der Waals surface area contributed by atoms with Gasteiger partial charge < -0.3 is 56.1 Å². The second-order valence-electron chi connectivity index (χ2n) is 9.81. The zero-order valence-corrected chi connectivity index (χ0v) is 24.2. The zero-order valence-electron chi connectivity index (χ0n) is 22.4. The number of carbonyl (C=O) groups excluding carboxylic acids is 1. The van der Waals surface area contributed by atoms with Gasteiger partial charge in [-0.1, -0.05) is 6.08 Å². The Morgan fingerprint density at radius 3 is 2.48 bits per heavy atom. The van der Waals surface area contributed by atoms with Crippen LogP contribution in [0.4, 0.5) is 5.82 Å². The maximum atomic E-state index is 12.7. The van der Waals surface area contributed by atoms with Crippen LogP contribution in [0, 0.1) is 0 Å². The van der Waals surface area contributed by atoms with Gasteiger partial charge in [0.25, 0.3) is 0 Å². The lowest BCUT2D eigenvalue weighted by atomic mass is 10.1. The number of imidazole rings is 1. The molecule has 5 heterocycles. The Morgan fingerprint density at radius 2 is 1.77 bits per heavy atom. The molecule has 2 saturated heterocycles. The van der Waals surface area contributed by atoms with Gasteiger partial charge >= 0.3 is 15.6 Å². The number of primary amides is 1. The van der Waals surface area contributed by atoms with Gasteiger partial charge in [-0.05, 0) is 6.42 Å². The van der Waals surface area contributed by atoms with Gasteiger partial charge in [-0.15, -0.1) is 0 Å². The van der Waals surface area contributed by atoms with E-state index in [1.807, 2.05) is 0 Å². The molecule has 0 bridgehead atoms. The van der Waals surface area contributed by atoms with E-state index in [4.69, 9.17) is 30.0 Å². The molecule has 2 fully saturated rings. The predicted octanol–water partition coefficient (Wildman–Crippen LogP) is -2.69. The quantitative estimate of drug-likeness (QED) is 0.113. The number of nitrogens with two attached hydrogens (primary N) is 2. The topological polar surface area (TPSA) is 318 Å². The van der Waals surface area contributed by atoms with E-state index < -0.39 is 83.8 Å². The van der Waals surface area contributed by atoms with Crippen molar-refractivity contribution in [3.8, 4) is 0 Å². The summed E-state index contributed by atoms with van der Waals surface area (Å²) >= 11 is 0. The highest BCUT2D eigenvalue weighted by Crippen LogP contribution is 2.62. The van der Waals surface area contributed by atoms with E-state index >= 15 is 0 Å². The number of hydrogen-bond donors (Lipinski definition) is 8. The Morgan fingerprint density at radius 1 is 1.05 bits per heavy atom. The summed E-state index contributed by atoms with van der Waals surface area (Å²) in [6.07, 6.45) is -5.45. The van der Waals surface area contributed by atoms with Crippen LogP contribution >= 0.6 is 15.6 Å². The van der Waals surface area contributed by atoms with E-state index in [9.17, 15) is 44.1 Å². The van der Waals surface area contributed by atoms with Crippen molar-refractivity contribution in [3.63, 3.8) is 0 Å². The maximum absolute atomic E-state index is 12.7. The van der Waals surface area contributed by atoms with E-state index in [0.29, 0.717) is 0 Å². The summed E-state index contributed by atoms with van der Waals surface area (Å²) in [7, 11) is -11.0. The van der Waals surface area contributed by atoms with Crippen LogP contribution in [0.2, 0.25) is 0 Å². The number of aliphatic hydroxyl groups is 4. The Labute approximate surface area is 247 Å². The van der Waals surface area contributed by atoms with Crippen LogP contribution in [0.25, 0.3) is 11.2 Å². The molecule has 0 aliphatic carbocycles. The van der Waals surface area contributed by atoms with Crippen molar-refractivity contribution in [2.45, 2.75) is 55.5 Å². The van der Waals surface area contributed by atoms with Crippen LogP contribution < -0.4 is 11.5 Å². The van der Waals surface area contributed by atoms with Crippen LogP contribution in [0.1, 0.15) is 12.6 Å². The van der Waals surface area contributed by atoms with E-state index in [-0.39, 0.29) is 29.0 Å². The van der Waals surface area contributed by atoms with Crippen LogP contribution in [0.3, 0.4) is 0 Å². The van der Waals surface area contributed by atoms with E-state index in [1.54, 1.807) is 0 Å². The number of allylic oxidation sites excluding steroid dienone is 1. The third-order valence-corrected chi connectivity index (χ3v) is 9.52. The molecule has 2 unspecified atom stereocenters. The largest absolute Gasteiger partial charge is 0.481 e. The fraction of sp³-hybridized carbons (Fsp3) is 0.524. The smallest absolute Gasteiger partial charge is 0.394 e. The summed E-state index contributed by atoms with van der Waals surface area (Å²) in [4.78, 5) is 45.0. The fourth-order valence-electron chi connectivity index (χ4n) is 4.79. The molecule has 23 heteroatoms. The number of nitrogens with zero attached hydrogens (tertiary/aromatic N) is 5. The van der Waals surface area contributed by atoms with Gasteiger partial charge in [-0.2, -0.15) is 4.31 Å². The van der Waals surface area contributed by atoms with Crippen molar-refractivity contribution in [2.75, 3.05) is 18.9 Å². The van der Waals surface area contributed by atoms with Gasteiger partial charge in [0.1, 0.15) is 48.5 Å². The first kappa shape index (κ1) is 32.5. The molecule has 10 N–H and O–H groups in total. The van der Waals surface area contributed by atoms with Crippen molar-refractivity contribution in [1.82, 2.24) is 24.4 Å². The molecule has 1 amide bonds. The number of phosphoric acid groups is 2. The molecule has 0 radical (unpaired) electrons. The number of phosphoric ester groups is 2. The molecule has 242 valence electrons. The SMILES string of the molecule is NC(=O)C1=CN([C@H]2O[C@H](CO)[C@@H](OP(=O)(O)OP(=O)(O)OC[C@H]3O[C@@H](n4cnc5c(N)ncnc54)[C@H](O)[C@@H]3O)[C@H]2O)C=CC1. The van der Waals surface area contributed by atoms with Crippen molar-refractivity contribution in [3.05, 3.63) is 36.7 Å². The fourth-order valence-corrected chi connectivity index (χ4v) is 7.08. The molecule has 2 aromatic heterocycles. The number of fused-ring (bicyclic) bond motifs is 1. The average Bonchev–Trinajstić information content (AvgIpc) is 3.61. The van der Waals surface area contributed by atoms with Crippen LogP contribution in [-0.4, -0.2) is 117 Å². The highest BCUT2D eigenvalue weighted by atomic mass is 31.3. The molecule has 5 rings (SSSR count). The van der Waals surface area contributed by atoms with Gasteiger partial charge in [-0.25, -0.2) is 24.1 Å². The molecule has 0 saturated carbocycles. The minimum Gasteiger partial charge on any atom is -0.394 e. The van der Waals surface area contributed by atoms with Crippen LogP contribution in [0.5, 0.6) is 0 Å². The van der Waals surface area contributed by atoms with E-state index in [0.717, 1.165) is 6.33 Å². The van der Waals surface area contributed by atoms with Gasteiger partial charge in [0.05, 0.1) is 19.5 Å². The highest BCUT2D eigenvalue weighted by molar-refractivity contribution is 7.61. The monoisotopic (exact) mass is 665 g/mol. The number of anilines is 1. The van der Waals surface area contributed by atoms with Crippen LogP contribution in [0.15, 0.2) is 36.7 Å². The maximum Gasteiger partial charge on any atom is 0.481 e. The number of amides is 1. The first-order chi connectivity index (χ1) is 20.7. The van der Waals surface area contributed by atoms with E-state index in [1.165, 1.54) is 34.3 Å². The number of rotatable bonds is 11. The lowest BCUT2D eigenvalue weighted by Gasteiger charge is -2.29. The summed E-state index contributed by atoms with van der Waals surface area (Å²) in [6.45, 7) is -1.74. The van der Waals surface area contributed by atoms with Crippen molar-refractivity contribution < 1.29 is 67.0 Å². The first-order valence-electron chi connectivity index (χ1n) is 12.7. The lowest BCUT2D eigenvalue weighted by Crippen LogP contribution is -2.41. The molecule has 2 aromatic rings. The standard InChI is InChI=1S/C21H29N7O14P2/c22-17-12-19(25-7-24-17)28(8-26-12)21-14(31)13(30)11(40-21)6-38-43(34,35)42-44(36,37)41-16-10(5-29)39-20(15(16)32)27-3-1-2-9(4-27)18(23)33/h1,3-4,7-8,10-11,13-16,20-21,29-32H,2,5-6H2,(H2,23,33)(H,34,35)(H,36,37)(H2,22,24,25)/t10-,11-,13-,14-,15-,16-,20+,21-/m1/s1. The summed E-state index contributed by atoms with van der Waals surface area (Å²) < 4.78 is 51.5. The molecule has 10 atom stereocenters. The Balaban J connectivity index is 1.21. The molecular weight excluding hydrogens is 636 g/mol. The van der Waals surface area contributed by atoms with Gasteiger partial charge in [-0.3, -0.25) is 18.4 Å². The Kier molecular flexibility index (Phi) is 9.23. The summed E-state index contributed by atoms with van der Waals surface area (Å²) in [5.41, 5.74) is 11.6. The number of aliphatic hydroxyl groups excluding tert-OH is 4. The number of nitrogen functional groups attached to an aromatic ring is 1. The molecular formula is C21H29N7O14P2. The van der Waals surface area contributed by atoms with E-state index in [2.05, 4.69) is 19.3 Å². The van der Waals surface area contributed by atoms with Crippen molar-refractivity contribution >= 4 is 38.5 Å². The number of carbonyl (C=O) groups is 1. The second-order valence-corrected chi connectivity index (χ2v) is 12.8.